The predicted molar refractivity (Wildman–Crippen MR) is 71.3 cm³/mol. The average molecular weight is 497 g/mol. The Morgan fingerprint density at radius 2 is 1.16 bits per heavy atom. The molecule has 0 heterocycles. The molecule has 0 aromatic rings. The monoisotopic (exact) mass is 498 g/mol. The van der Waals surface area contributed by atoms with E-state index in [4.69, 9.17) is 0 Å². The van der Waals surface area contributed by atoms with Gasteiger partial charge in [0.25, 0.3) is 0 Å². The first-order valence-electron chi connectivity index (χ1n) is 7.60. The van der Waals surface area contributed by atoms with Crippen LogP contribution in [0.2, 0.25) is 0 Å². The number of unbranched alkanes of at least 4 members (excludes halogenated alkanes) is 6. The maximum atomic E-state index is 13.3. The van der Waals surface area contributed by atoms with E-state index in [0.717, 1.165) is 25.7 Å². The van der Waals surface area contributed by atoms with E-state index in [2.05, 4.69) is 3.07 Å². The second-order valence-corrected chi connectivity index (χ2v) is 9.74. The molecular weight excluding hydrogens is 478 g/mol. The van der Waals surface area contributed by atoms with E-state index in [1.165, 1.54) is 0 Å². The van der Waals surface area contributed by atoms with Crippen molar-refractivity contribution in [2.24, 2.45) is 0 Å². The van der Waals surface area contributed by atoms with Gasteiger partial charge in [0, 0.05) is 0 Å². The summed E-state index contributed by atoms with van der Waals surface area (Å²) in [5.74, 6) is -13.9. The van der Waals surface area contributed by atoms with E-state index in [0.29, 0.717) is 12.8 Å². The molecule has 0 aliphatic carbocycles. The Balaban J connectivity index is 4.59. The third kappa shape index (κ3) is 6.24. The van der Waals surface area contributed by atoms with Crippen LogP contribution < -0.4 is 0 Å². The van der Waals surface area contributed by atoms with Gasteiger partial charge in [-0.15, -0.1) is 0 Å². The summed E-state index contributed by atoms with van der Waals surface area (Å²) < 4.78 is 123. The van der Waals surface area contributed by atoms with Crippen LogP contribution in [0.1, 0.15) is 51.9 Å². The van der Waals surface area contributed by atoms with E-state index >= 15 is 0 Å². The van der Waals surface area contributed by atoms with Crippen LogP contribution in [0.3, 0.4) is 0 Å². The van der Waals surface area contributed by atoms with Gasteiger partial charge in [0.15, 0.2) is 0 Å². The number of hydrogen-bond donors (Lipinski definition) is 0. The molecule has 0 unspecified atom stereocenters. The van der Waals surface area contributed by atoms with Crippen LogP contribution in [0, 0.1) is 0 Å². The molecule has 12 heteroatoms. The van der Waals surface area contributed by atoms with Crippen LogP contribution in [0.4, 0.5) is 39.5 Å². The van der Waals surface area contributed by atoms with Crippen molar-refractivity contribution in [3.05, 3.63) is 0 Å². The second kappa shape index (κ2) is 9.75. The zero-order valence-corrected chi connectivity index (χ0v) is 16.2. The van der Waals surface area contributed by atoms with E-state index in [9.17, 15) is 42.6 Å². The van der Waals surface area contributed by atoms with E-state index < -0.39 is 48.7 Å². The molecule has 0 fully saturated rings. The predicted octanol–water partition coefficient (Wildman–Crippen LogP) is 5.68. The summed E-state index contributed by atoms with van der Waals surface area (Å²) >= 11 is -6.23. The third-order valence-corrected chi connectivity index (χ3v) is 7.07. The van der Waals surface area contributed by atoms with Gasteiger partial charge in [-0.2, -0.15) is 0 Å². The zero-order valence-electron chi connectivity index (χ0n) is 13.4. The summed E-state index contributed by atoms with van der Waals surface area (Å²) in [5.41, 5.74) is 0. The zero-order chi connectivity index (χ0) is 19.9. The summed E-state index contributed by atoms with van der Waals surface area (Å²) in [5, 5.41) is 0. The molecule has 0 radical (unpaired) electrons. The fourth-order valence-corrected chi connectivity index (χ4v) is 4.46. The summed E-state index contributed by atoms with van der Waals surface area (Å²) in [4.78, 5) is 0. The first-order chi connectivity index (χ1) is 11.2. The number of hydrogen-bond acceptors (Lipinski definition) is 2. The van der Waals surface area contributed by atoms with Gasteiger partial charge in [0.05, 0.1) is 0 Å². The summed E-state index contributed by atoms with van der Waals surface area (Å²) in [6.07, 6.45) is -1.94. The van der Waals surface area contributed by atoms with Crippen molar-refractivity contribution < 1.29 is 45.7 Å². The first kappa shape index (κ1) is 24.9. The van der Waals surface area contributed by atoms with Gasteiger partial charge in [-0.3, -0.25) is 0 Å². The summed E-state index contributed by atoms with van der Waals surface area (Å²) in [6, 6.07) is 0. The molecule has 0 aliphatic heterocycles. The van der Waals surface area contributed by atoms with Crippen LogP contribution in [0.15, 0.2) is 0 Å². The van der Waals surface area contributed by atoms with Crippen LogP contribution in [0.25, 0.3) is 0 Å². The number of halogens is 9. The van der Waals surface area contributed by atoms with Gasteiger partial charge in [-0.1, -0.05) is 0 Å². The van der Waals surface area contributed by atoms with Crippen LogP contribution in [0.5, 0.6) is 0 Å². The Bertz CT molecular complexity index is 424. The standard InChI is InChI=1S/C9H19O.C4F9.O.Sn/c1-2-3-4-5-6-7-8-9-10;5-1(6)2(7,8)3(9,10)4(11,12)13;;/h2-9H2,1H3;;;/q-1;;;+1. The van der Waals surface area contributed by atoms with Crippen molar-refractivity contribution in [2.75, 3.05) is 6.61 Å². The van der Waals surface area contributed by atoms with Crippen LogP contribution in [-0.2, 0) is 6.15 Å². The minimum atomic E-state index is -7.03. The van der Waals surface area contributed by atoms with Crippen molar-refractivity contribution in [1.29, 1.82) is 0 Å². The molecule has 2 nitrogen and oxygen atoms in total. The molecule has 0 aromatic heterocycles. The van der Waals surface area contributed by atoms with Crippen molar-refractivity contribution >= 4 is 20.2 Å². The molecule has 0 aliphatic rings. The molecule has 0 bridgehead atoms. The van der Waals surface area contributed by atoms with Crippen molar-refractivity contribution in [3.63, 3.8) is 0 Å². The molecule has 0 N–H and O–H groups in total. The third-order valence-electron chi connectivity index (χ3n) is 3.38. The molecule has 0 saturated carbocycles. The first-order valence-corrected chi connectivity index (χ1v) is 11.4. The molecule has 25 heavy (non-hydrogen) atoms. The van der Waals surface area contributed by atoms with Gasteiger partial charge < -0.3 is 0 Å². The Kier molecular flexibility index (Phi) is 9.72. The Hall–Kier alpha value is -0.0713. The summed E-state index contributed by atoms with van der Waals surface area (Å²) in [7, 11) is 0. The minimum absolute atomic E-state index is 0.0652. The normalized spacial score (nSPS) is 14.0. The van der Waals surface area contributed by atoms with Gasteiger partial charge in [0.1, 0.15) is 0 Å². The molecule has 0 aromatic carbocycles. The molecule has 0 atom stereocenters. The Morgan fingerprint density at radius 3 is 1.60 bits per heavy atom. The fraction of sp³-hybridized carbons (Fsp3) is 1.00. The van der Waals surface area contributed by atoms with Crippen molar-refractivity contribution in [3.8, 4) is 0 Å². The SMILES string of the molecule is CCCCCCCCC[O][Sn](=[O])[C](F)(F)C(F)(F)C(F)(F)C(F)(F)F. The molecule has 0 spiro atoms. The Labute approximate surface area is 146 Å². The second-order valence-electron chi connectivity index (χ2n) is 5.48. The van der Waals surface area contributed by atoms with Gasteiger partial charge in [0.2, 0.25) is 0 Å². The van der Waals surface area contributed by atoms with Crippen molar-refractivity contribution in [1.82, 2.24) is 0 Å². The summed E-state index contributed by atoms with van der Waals surface area (Å²) in [6.45, 7) is 1.34. The van der Waals surface area contributed by atoms with E-state index in [1.54, 1.807) is 0 Å². The van der Waals surface area contributed by atoms with Crippen molar-refractivity contribution in [2.45, 2.75) is 73.8 Å². The number of rotatable bonds is 12. The molecule has 0 amide bonds. The topological polar surface area (TPSA) is 26.3 Å². The van der Waals surface area contributed by atoms with E-state index in [1.807, 2.05) is 6.92 Å². The van der Waals surface area contributed by atoms with Gasteiger partial charge in [-0.05, 0) is 0 Å². The van der Waals surface area contributed by atoms with E-state index in [-0.39, 0.29) is 6.42 Å². The van der Waals surface area contributed by atoms with Crippen LogP contribution in [-0.4, -0.2) is 48.7 Å². The Morgan fingerprint density at radius 1 is 0.720 bits per heavy atom. The number of alkyl halides is 9. The quantitative estimate of drug-likeness (QED) is 0.197. The van der Waals surface area contributed by atoms with Crippen LogP contribution >= 0.6 is 0 Å². The van der Waals surface area contributed by atoms with Gasteiger partial charge >= 0.3 is 146 Å². The molecule has 0 rings (SSSR count). The molecule has 150 valence electrons. The maximum absolute atomic E-state index is 13.3. The van der Waals surface area contributed by atoms with Gasteiger partial charge in [-0.25, -0.2) is 0 Å². The average Bonchev–Trinajstić information content (AvgIpc) is 2.48. The molecular formula is C13H19F9O2Sn. The fourth-order valence-electron chi connectivity index (χ4n) is 1.82. The molecule has 0 saturated heterocycles.